The fraction of sp³-hybridized carbons (Fsp3) is 0.368. The third-order valence-electron chi connectivity index (χ3n) is 4.85. The van der Waals surface area contributed by atoms with Gasteiger partial charge in [0.1, 0.15) is 0 Å². The van der Waals surface area contributed by atoms with E-state index in [1.54, 1.807) is 0 Å². The Morgan fingerprint density at radius 1 is 1.17 bits per heavy atom. The number of benzene rings is 2. The normalized spacial score (nSPS) is 22.9. The first-order valence-electron chi connectivity index (χ1n) is 8.11. The van der Waals surface area contributed by atoms with E-state index in [4.69, 9.17) is 9.47 Å². The van der Waals surface area contributed by atoms with E-state index in [1.807, 2.05) is 6.07 Å². The van der Waals surface area contributed by atoms with Gasteiger partial charge >= 0.3 is 0 Å². The maximum Gasteiger partial charge on any atom is 0.231 e. The Morgan fingerprint density at radius 2 is 2.00 bits per heavy atom. The fourth-order valence-corrected chi connectivity index (χ4v) is 3.91. The summed E-state index contributed by atoms with van der Waals surface area (Å²) in [6.07, 6.45) is 2.16. The van der Waals surface area contributed by atoms with Gasteiger partial charge in [0.2, 0.25) is 6.79 Å². The lowest BCUT2D eigenvalue weighted by Gasteiger charge is -2.15. The van der Waals surface area contributed by atoms with E-state index < -0.39 is 0 Å². The van der Waals surface area contributed by atoms with Crippen molar-refractivity contribution < 1.29 is 9.47 Å². The predicted molar refractivity (Wildman–Crippen MR) is 93.9 cm³/mol. The quantitative estimate of drug-likeness (QED) is 0.717. The lowest BCUT2D eigenvalue weighted by Crippen LogP contribution is -2.09. The van der Waals surface area contributed by atoms with Crippen LogP contribution in [0.25, 0.3) is 0 Å². The molecule has 0 aromatic heterocycles. The fourth-order valence-electron chi connectivity index (χ4n) is 3.40. The molecule has 120 valence electrons. The molecule has 3 atom stereocenters. The second kappa shape index (κ2) is 6.17. The van der Waals surface area contributed by atoms with Crippen LogP contribution in [0, 0.1) is 0 Å². The summed E-state index contributed by atoms with van der Waals surface area (Å²) in [6, 6.07) is 15.9. The average Bonchev–Trinajstić information content (AvgIpc) is 3.20. The minimum Gasteiger partial charge on any atom is -0.454 e. The summed E-state index contributed by atoms with van der Waals surface area (Å²) in [5, 5.41) is 0. The molecule has 2 heterocycles. The molecular weight excluding hydrogens is 354 g/mol. The molecule has 2 aromatic rings. The Hall–Kier alpha value is -1.52. The standard InChI is InChI=1S/C19H20BrNO2/c1-13(14-5-3-2-4-6-14)21-11-15(21)7-8-16-17(20)9-10-18-19(16)23-12-22-18/h2-6,9-10,13,15H,7-8,11-12H2,1H3/t13-,15+,21?/m1/s1. The van der Waals surface area contributed by atoms with Gasteiger partial charge in [-0.3, -0.25) is 4.90 Å². The number of rotatable bonds is 5. The van der Waals surface area contributed by atoms with Gasteiger partial charge in [0.15, 0.2) is 11.5 Å². The van der Waals surface area contributed by atoms with Crippen molar-refractivity contribution in [1.82, 2.24) is 4.90 Å². The highest BCUT2D eigenvalue weighted by atomic mass is 79.9. The molecule has 0 N–H and O–H groups in total. The van der Waals surface area contributed by atoms with Gasteiger partial charge < -0.3 is 9.47 Å². The van der Waals surface area contributed by atoms with E-state index in [-0.39, 0.29) is 0 Å². The van der Waals surface area contributed by atoms with Crippen molar-refractivity contribution in [3.8, 4) is 11.5 Å². The van der Waals surface area contributed by atoms with E-state index in [1.165, 1.54) is 17.7 Å². The van der Waals surface area contributed by atoms with E-state index in [9.17, 15) is 0 Å². The molecule has 0 bridgehead atoms. The van der Waals surface area contributed by atoms with E-state index in [0.29, 0.717) is 18.9 Å². The molecule has 4 rings (SSSR count). The van der Waals surface area contributed by atoms with Crippen LogP contribution >= 0.6 is 15.9 Å². The van der Waals surface area contributed by atoms with E-state index in [2.05, 4.69) is 64.2 Å². The van der Waals surface area contributed by atoms with Gasteiger partial charge in [0, 0.05) is 28.7 Å². The highest BCUT2D eigenvalue weighted by molar-refractivity contribution is 9.10. The van der Waals surface area contributed by atoms with Gasteiger partial charge in [0.05, 0.1) is 0 Å². The van der Waals surface area contributed by atoms with Crippen LogP contribution in [-0.4, -0.2) is 24.3 Å². The van der Waals surface area contributed by atoms with Crippen molar-refractivity contribution in [2.75, 3.05) is 13.3 Å². The second-order valence-corrected chi connectivity index (χ2v) is 7.09. The summed E-state index contributed by atoms with van der Waals surface area (Å²) in [7, 11) is 0. The molecule has 0 aliphatic carbocycles. The molecule has 4 heteroatoms. The first-order valence-corrected chi connectivity index (χ1v) is 8.91. The molecule has 0 radical (unpaired) electrons. The van der Waals surface area contributed by atoms with Crippen LogP contribution in [0.3, 0.4) is 0 Å². The molecule has 0 spiro atoms. The van der Waals surface area contributed by atoms with Crippen molar-refractivity contribution in [1.29, 1.82) is 0 Å². The Kier molecular flexibility index (Phi) is 4.04. The van der Waals surface area contributed by atoms with Crippen molar-refractivity contribution >= 4 is 15.9 Å². The molecule has 2 aromatic carbocycles. The molecule has 3 nitrogen and oxygen atoms in total. The van der Waals surface area contributed by atoms with Crippen molar-refractivity contribution in [3.05, 3.63) is 58.1 Å². The summed E-state index contributed by atoms with van der Waals surface area (Å²) in [4.78, 5) is 2.56. The average molecular weight is 374 g/mol. The van der Waals surface area contributed by atoms with Gasteiger partial charge in [-0.05, 0) is 37.5 Å². The number of hydrogen-bond donors (Lipinski definition) is 0. The van der Waals surface area contributed by atoms with Crippen LogP contribution in [-0.2, 0) is 6.42 Å². The monoisotopic (exact) mass is 373 g/mol. The number of halogens is 1. The molecule has 2 aliphatic heterocycles. The summed E-state index contributed by atoms with van der Waals surface area (Å²) >= 11 is 3.65. The Morgan fingerprint density at radius 3 is 2.83 bits per heavy atom. The summed E-state index contributed by atoms with van der Waals surface area (Å²) < 4.78 is 12.2. The Bertz CT molecular complexity index is 704. The van der Waals surface area contributed by atoms with Crippen LogP contribution < -0.4 is 9.47 Å². The molecule has 0 saturated carbocycles. The Balaban J connectivity index is 1.40. The molecule has 1 fully saturated rings. The summed E-state index contributed by atoms with van der Waals surface area (Å²) in [6.45, 7) is 3.81. The van der Waals surface area contributed by atoms with E-state index >= 15 is 0 Å². The topological polar surface area (TPSA) is 21.5 Å². The zero-order valence-corrected chi connectivity index (χ0v) is 14.8. The lowest BCUT2D eigenvalue weighted by molar-refractivity contribution is 0.173. The van der Waals surface area contributed by atoms with Gasteiger partial charge in [0.25, 0.3) is 0 Å². The maximum atomic E-state index is 5.64. The van der Waals surface area contributed by atoms with E-state index in [0.717, 1.165) is 28.8 Å². The third kappa shape index (κ3) is 2.98. The van der Waals surface area contributed by atoms with Crippen LogP contribution in [0.4, 0.5) is 0 Å². The van der Waals surface area contributed by atoms with Crippen molar-refractivity contribution in [2.45, 2.75) is 31.8 Å². The zero-order chi connectivity index (χ0) is 15.8. The minimum atomic E-state index is 0.333. The molecular formula is C19H20BrNO2. The predicted octanol–water partition coefficient (Wildman–Crippen LogP) is 4.56. The Labute approximate surface area is 145 Å². The second-order valence-electron chi connectivity index (χ2n) is 6.24. The number of nitrogens with zero attached hydrogens (tertiary/aromatic N) is 1. The summed E-state index contributed by atoms with van der Waals surface area (Å²) in [5.41, 5.74) is 2.63. The lowest BCUT2D eigenvalue weighted by atomic mass is 10.1. The molecule has 2 aliphatic rings. The number of hydrogen-bond acceptors (Lipinski definition) is 3. The van der Waals surface area contributed by atoms with Crippen LogP contribution in [0.15, 0.2) is 46.9 Å². The van der Waals surface area contributed by atoms with Crippen molar-refractivity contribution in [3.63, 3.8) is 0 Å². The van der Waals surface area contributed by atoms with Gasteiger partial charge in [-0.1, -0.05) is 46.3 Å². The van der Waals surface area contributed by atoms with Crippen LogP contribution in [0.2, 0.25) is 0 Å². The van der Waals surface area contributed by atoms with Crippen LogP contribution in [0.5, 0.6) is 11.5 Å². The van der Waals surface area contributed by atoms with Gasteiger partial charge in [-0.2, -0.15) is 0 Å². The molecule has 1 unspecified atom stereocenters. The first kappa shape index (κ1) is 15.0. The maximum absolute atomic E-state index is 5.64. The minimum absolute atomic E-state index is 0.333. The molecule has 23 heavy (non-hydrogen) atoms. The number of ether oxygens (including phenoxy) is 2. The smallest absolute Gasteiger partial charge is 0.231 e. The van der Waals surface area contributed by atoms with Gasteiger partial charge in [-0.25, -0.2) is 0 Å². The summed E-state index contributed by atoms with van der Waals surface area (Å²) in [5.74, 6) is 1.79. The van der Waals surface area contributed by atoms with Crippen LogP contribution in [0.1, 0.15) is 30.5 Å². The molecule has 0 amide bonds. The highest BCUT2D eigenvalue weighted by Gasteiger charge is 2.38. The zero-order valence-electron chi connectivity index (χ0n) is 13.2. The molecule has 1 saturated heterocycles. The van der Waals surface area contributed by atoms with Gasteiger partial charge in [-0.15, -0.1) is 0 Å². The van der Waals surface area contributed by atoms with Crippen molar-refractivity contribution in [2.24, 2.45) is 0 Å². The first-order chi connectivity index (χ1) is 11.2. The largest absolute Gasteiger partial charge is 0.454 e. The SMILES string of the molecule is C[C@H](c1ccccc1)N1C[C@@H]1CCc1c(Br)ccc2c1OCO2. The third-order valence-corrected chi connectivity index (χ3v) is 5.59. The highest BCUT2D eigenvalue weighted by Crippen LogP contribution is 2.41. The number of fused-ring (bicyclic) bond motifs is 1.